The van der Waals surface area contributed by atoms with Gasteiger partial charge in [0, 0.05) is 30.4 Å². The van der Waals surface area contributed by atoms with Crippen molar-refractivity contribution in [2.75, 3.05) is 19.0 Å². The Hall–Kier alpha value is -1.67. The lowest BCUT2D eigenvalue weighted by atomic mass is 10.0. The lowest BCUT2D eigenvalue weighted by Crippen LogP contribution is -2.12. The Kier molecular flexibility index (Phi) is 6.14. The zero-order valence-electron chi connectivity index (χ0n) is 13.6. The molecular weight excluding hydrogens is 294 g/mol. The van der Waals surface area contributed by atoms with Crippen LogP contribution >= 0.6 is 11.6 Å². The Bertz CT molecular complexity index is 593. The molecule has 2 nitrogen and oxygen atoms in total. The van der Waals surface area contributed by atoms with E-state index in [1.807, 2.05) is 24.3 Å². The van der Waals surface area contributed by atoms with E-state index in [4.69, 9.17) is 16.3 Å². The molecule has 0 N–H and O–H groups in total. The monoisotopic (exact) mass is 317 g/mol. The number of benzene rings is 2. The summed E-state index contributed by atoms with van der Waals surface area (Å²) in [5.74, 6) is 0.841. The van der Waals surface area contributed by atoms with E-state index in [-0.39, 0.29) is 0 Å². The normalized spacial score (nSPS) is 10.5. The highest BCUT2D eigenvalue weighted by molar-refractivity contribution is 6.30. The van der Waals surface area contributed by atoms with E-state index in [2.05, 4.69) is 44.1 Å². The third-order valence-corrected chi connectivity index (χ3v) is 3.90. The quantitative estimate of drug-likeness (QED) is 0.684. The van der Waals surface area contributed by atoms with E-state index < -0.39 is 0 Å². The number of anilines is 1. The topological polar surface area (TPSA) is 12.5 Å². The van der Waals surface area contributed by atoms with Crippen molar-refractivity contribution < 1.29 is 4.74 Å². The lowest BCUT2D eigenvalue weighted by Gasteiger charge is -2.19. The van der Waals surface area contributed by atoms with E-state index >= 15 is 0 Å². The fourth-order valence-electron chi connectivity index (χ4n) is 2.42. The molecule has 0 unspecified atom stereocenters. The first kappa shape index (κ1) is 16.7. The van der Waals surface area contributed by atoms with Gasteiger partial charge in [-0.15, -0.1) is 0 Å². The molecular formula is C19H24ClNO. The molecule has 2 aromatic carbocycles. The smallest absolute Gasteiger partial charge is 0.119 e. The summed E-state index contributed by atoms with van der Waals surface area (Å²) in [6.45, 7) is 2.79. The van der Waals surface area contributed by atoms with Gasteiger partial charge in [0.05, 0.1) is 0 Å². The summed E-state index contributed by atoms with van der Waals surface area (Å²) in [6, 6.07) is 14.2. The van der Waals surface area contributed by atoms with Crippen LogP contribution in [-0.4, -0.2) is 14.1 Å². The van der Waals surface area contributed by atoms with Crippen molar-refractivity contribution in [1.29, 1.82) is 0 Å². The highest BCUT2D eigenvalue weighted by Gasteiger charge is 2.07. The van der Waals surface area contributed by atoms with Gasteiger partial charge in [-0.2, -0.15) is 0 Å². The summed E-state index contributed by atoms with van der Waals surface area (Å²) in [5, 5.41) is 0.725. The molecule has 2 rings (SSSR count). The molecule has 0 radical (unpaired) electrons. The molecule has 0 aliphatic carbocycles. The largest absolute Gasteiger partial charge is 0.489 e. The van der Waals surface area contributed by atoms with Crippen LogP contribution in [0.25, 0.3) is 0 Å². The SMILES string of the molecule is CCCCc1ccc(N(C)C)c(COc2ccc(Cl)cc2)c1. The highest BCUT2D eigenvalue weighted by Crippen LogP contribution is 2.24. The molecule has 0 aliphatic rings. The molecule has 0 aliphatic heterocycles. The number of halogens is 1. The van der Waals surface area contributed by atoms with Crippen molar-refractivity contribution in [2.45, 2.75) is 32.8 Å². The van der Waals surface area contributed by atoms with E-state index in [1.165, 1.54) is 29.7 Å². The fraction of sp³-hybridized carbons (Fsp3) is 0.368. The van der Waals surface area contributed by atoms with E-state index in [0.717, 1.165) is 17.2 Å². The second-order valence-electron chi connectivity index (χ2n) is 5.70. The molecule has 0 aromatic heterocycles. The summed E-state index contributed by atoms with van der Waals surface area (Å²) in [7, 11) is 4.12. The van der Waals surface area contributed by atoms with Crippen LogP contribution in [0.3, 0.4) is 0 Å². The van der Waals surface area contributed by atoms with Gasteiger partial charge in [-0.05, 0) is 48.7 Å². The van der Waals surface area contributed by atoms with Gasteiger partial charge in [0.2, 0.25) is 0 Å². The van der Waals surface area contributed by atoms with Crippen molar-refractivity contribution >= 4 is 17.3 Å². The fourth-order valence-corrected chi connectivity index (χ4v) is 2.55. The highest BCUT2D eigenvalue weighted by atomic mass is 35.5. The van der Waals surface area contributed by atoms with Gasteiger partial charge >= 0.3 is 0 Å². The Labute approximate surface area is 138 Å². The first-order valence-electron chi connectivity index (χ1n) is 7.77. The van der Waals surface area contributed by atoms with Crippen LogP contribution in [0.15, 0.2) is 42.5 Å². The lowest BCUT2D eigenvalue weighted by molar-refractivity contribution is 0.306. The third kappa shape index (κ3) is 4.67. The average molecular weight is 318 g/mol. The second kappa shape index (κ2) is 8.09. The van der Waals surface area contributed by atoms with Crippen molar-refractivity contribution in [3.8, 4) is 5.75 Å². The Morgan fingerprint density at radius 2 is 1.77 bits per heavy atom. The van der Waals surface area contributed by atoms with Crippen LogP contribution in [0.4, 0.5) is 5.69 Å². The number of nitrogens with zero attached hydrogens (tertiary/aromatic N) is 1. The molecule has 0 bridgehead atoms. The van der Waals surface area contributed by atoms with E-state index in [9.17, 15) is 0 Å². The molecule has 0 amide bonds. The molecule has 0 heterocycles. The number of unbranched alkanes of at least 4 members (excludes halogenated alkanes) is 1. The first-order valence-corrected chi connectivity index (χ1v) is 8.15. The molecule has 118 valence electrons. The summed E-state index contributed by atoms with van der Waals surface area (Å²) < 4.78 is 5.91. The van der Waals surface area contributed by atoms with Crippen LogP contribution in [0.1, 0.15) is 30.9 Å². The van der Waals surface area contributed by atoms with Crippen molar-refractivity contribution in [2.24, 2.45) is 0 Å². The van der Waals surface area contributed by atoms with Crippen LogP contribution in [0.2, 0.25) is 5.02 Å². The Morgan fingerprint density at radius 1 is 1.05 bits per heavy atom. The zero-order chi connectivity index (χ0) is 15.9. The number of hydrogen-bond donors (Lipinski definition) is 0. The third-order valence-electron chi connectivity index (χ3n) is 3.65. The molecule has 0 spiro atoms. The number of hydrogen-bond acceptors (Lipinski definition) is 2. The summed E-state index contributed by atoms with van der Waals surface area (Å²) in [6.07, 6.45) is 3.56. The van der Waals surface area contributed by atoms with Crippen molar-refractivity contribution in [3.63, 3.8) is 0 Å². The first-order chi connectivity index (χ1) is 10.6. The predicted molar refractivity (Wildman–Crippen MR) is 95.2 cm³/mol. The van der Waals surface area contributed by atoms with Crippen LogP contribution in [-0.2, 0) is 13.0 Å². The van der Waals surface area contributed by atoms with Gasteiger partial charge in [-0.25, -0.2) is 0 Å². The minimum atomic E-state index is 0.565. The molecule has 0 fully saturated rings. The molecule has 22 heavy (non-hydrogen) atoms. The van der Waals surface area contributed by atoms with Gasteiger partial charge in [0.15, 0.2) is 0 Å². The summed E-state index contributed by atoms with van der Waals surface area (Å²) in [4.78, 5) is 2.13. The van der Waals surface area contributed by atoms with Gasteiger partial charge in [0.25, 0.3) is 0 Å². The van der Waals surface area contributed by atoms with E-state index in [1.54, 1.807) is 0 Å². The Morgan fingerprint density at radius 3 is 2.41 bits per heavy atom. The zero-order valence-corrected chi connectivity index (χ0v) is 14.4. The van der Waals surface area contributed by atoms with Crippen LogP contribution < -0.4 is 9.64 Å². The molecule has 3 heteroatoms. The maximum atomic E-state index is 5.91. The summed E-state index contributed by atoms with van der Waals surface area (Å²) in [5.41, 5.74) is 3.80. The molecule has 0 saturated carbocycles. The minimum absolute atomic E-state index is 0.565. The number of aryl methyl sites for hydroxylation is 1. The second-order valence-corrected chi connectivity index (χ2v) is 6.14. The maximum absolute atomic E-state index is 5.91. The van der Waals surface area contributed by atoms with Crippen LogP contribution in [0.5, 0.6) is 5.75 Å². The molecule has 0 atom stereocenters. The van der Waals surface area contributed by atoms with Crippen molar-refractivity contribution in [1.82, 2.24) is 0 Å². The van der Waals surface area contributed by atoms with E-state index in [0.29, 0.717) is 6.61 Å². The van der Waals surface area contributed by atoms with Gasteiger partial charge in [0.1, 0.15) is 12.4 Å². The number of rotatable bonds is 7. The van der Waals surface area contributed by atoms with Gasteiger partial charge in [-0.3, -0.25) is 0 Å². The summed E-state index contributed by atoms with van der Waals surface area (Å²) >= 11 is 5.90. The van der Waals surface area contributed by atoms with Crippen LogP contribution in [0, 0.1) is 0 Å². The predicted octanol–water partition coefficient (Wildman–Crippen LogP) is 5.33. The standard InChI is InChI=1S/C19H24ClNO/c1-4-5-6-15-7-12-19(21(2)3)16(13-15)14-22-18-10-8-17(20)9-11-18/h7-13H,4-6,14H2,1-3H3. The van der Waals surface area contributed by atoms with Crippen molar-refractivity contribution in [3.05, 3.63) is 58.6 Å². The number of ether oxygens (including phenoxy) is 1. The molecule has 2 aromatic rings. The Balaban J connectivity index is 2.13. The molecule has 0 saturated heterocycles. The minimum Gasteiger partial charge on any atom is -0.489 e. The maximum Gasteiger partial charge on any atom is 0.119 e. The average Bonchev–Trinajstić information content (AvgIpc) is 2.52. The van der Waals surface area contributed by atoms with Gasteiger partial charge in [-0.1, -0.05) is 37.1 Å². The van der Waals surface area contributed by atoms with Gasteiger partial charge < -0.3 is 9.64 Å².